The first-order valence-electron chi connectivity index (χ1n) is 11.4. The Morgan fingerprint density at radius 1 is 1.09 bits per heavy atom. The summed E-state index contributed by atoms with van der Waals surface area (Å²) in [5.41, 5.74) is 8.75. The van der Waals surface area contributed by atoms with Gasteiger partial charge in [-0.2, -0.15) is 0 Å². The third kappa shape index (κ3) is 4.18. The molecule has 1 saturated heterocycles. The average molecular weight is 472 g/mol. The number of pyridine rings is 1. The van der Waals surface area contributed by atoms with Gasteiger partial charge >= 0.3 is 0 Å². The highest BCUT2D eigenvalue weighted by molar-refractivity contribution is 6.38. The predicted molar refractivity (Wildman–Crippen MR) is 129 cm³/mol. The van der Waals surface area contributed by atoms with Gasteiger partial charge in [0.2, 0.25) is 5.78 Å². The van der Waals surface area contributed by atoms with E-state index in [0.29, 0.717) is 47.8 Å². The van der Waals surface area contributed by atoms with Crippen molar-refractivity contribution in [2.45, 2.75) is 18.9 Å². The first-order chi connectivity index (χ1) is 16.9. The van der Waals surface area contributed by atoms with E-state index in [2.05, 4.69) is 20.3 Å². The molecule has 2 aromatic heterocycles. The fraction of sp³-hybridized carbons (Fsp3) is 0.280. The minimum Gasteiger partial charge on any atom is -0.382 e. The third-order valence-electron chi connectivity index (χ3n) is 6.46. The molecule has 3 aromatic rings. The number of ketones is 1. The summed E-state index contributed by atoms with van der Waals surface area (Å²) in [7, 11) is 0. The van der Waals surface area contributed by atoms with Crippen LogP contribution in [0.15, 0.2) is 55.0 Å². The number of aromatic nitrogens is 3. The van der Waals surface area contributed by atoms with E-state index >= 15 is 0 Å². The molecule has 0 radical (unpaired) electrons. The summed E-state index contributed by atoms with van der Waals surface area (Å²) in [6, 6.07) is 10.5. The number of hydrogen-bond acceptors (Lipinski definition) is 8. The monoisotopic (exact) mass is 471 g/mol. The van der Waals surface area contributed by atoms with Crippen molar-refractivity contribution in [3.8, 4) is 11.4 Å². The zero-order valence-electron chi connectivity index (χ0n) is 19.2. The van der Waals surface area contributed by atoms with Crippen molar-refractivity contribution in [3.05, 3.63) is 66.1 Å². The Bertz CT molecular complexity index is 1300. The van der Waals surface area contributed by atoms with Crippen LogP contribution in [0.1, 0.15) is 28.8 Å². The molecule has 0 bridgehead atoms. The van der Waals surface area contributed by atoms with Crippen LogP contribution in [0.5, 0.6) is 0 Å². The van der Waals surface area contributed by atoms with E-state index in [1.165, 1.54) is 6.20 Å². The Labute approximate surface area is 202 Å². The summed E-state index contributed by atoms with van der Waals surface area (Å²) in [5.74, 6) is -1.46. The highest BCUT2D eigenvalue weighted by Crippen LogP contribution is 2.38. The van der Waals surface area contributed by atoms with Crippen molar-refractivity contribution in [1.29, 1.82) is 0 Å². The number of amides is 2. The van der Waals surface area contributed by atoms with Gasteiger partial charge in [0.15, 0.2) is 0 Å². The Balaban J connectivity index is 1.31. The van der Waals surface area contributed by atoms with Crippen molar-refractivity contribution in [2.24, 2.45) is 0 Å². The molecule has 1 aromatic carbocycles. The number of nitrogens with two attached hydrogens (primary N) is 1. The first-order valence-corrected chi connectivity index (χ1v) is 11.4. The molecule has 35 heavy (non-hydrogen) atoms. The average Bonchev–Trinajstić information content (AvgIpc) is 3.32. The number of nitrogen functional groups attached to an aromatic ring is 1. The van der Waals surface area contributed by atoms with Crippen molar-refractivity contribution in [1.82, 2.24) is 24.8 Å². The number of fused-ring (bicyclic) bond motifs is 1. The molecule has 2 atom stereocenters. The second-order valence-electron chi connectivity index (χ2n) is 8.72. The third-order valence-corrected chi connectivity index (χ3v) is 6.46. The molecule has 2 unspecified atom stereocenters. The molecule has 2 aliphatic heterocycles. The highest BCUT2D eigenvalue weighted by Gasteiger charge is 2.39. The Morgan fingerprint density at radius 2 is 1.89 bits per heavy atom. The van der Waals surface area contributed by atoms with Crippen molar-refractivity contribution in [2.75, 3.05) is 37.2 Å². The van der Waals surface area contributed by atoms with E-state index in [-0.39, 0.29) is 24.3 Å². The van der Waals surface area contributed by atoms with Crippen molar-refractivity contribution in [3.63, 3.8) is 0 Å². The number of carbonyl (C=O) groups is 3. The number of nitrogens with one attached hydrogen (secondary N) is 1. The van der Waals surface area contributed by atoms with E-state index in [4.69, 9.17) is 5.73 Å². The van der Waals surface area contributed by atoms with Crippen LogP contribution in [-0.2, 0) is 9.59 Å². The molecule has 1 fully saturated rings. The van der Waals surface area contributed by atoms with Gasteiger partial charge in [-0.05, 0) is 30.7 Å². The van der Waals surface area contributed by atoms with E-state index in [0.717, 1.165) is 0 Å². The van der Waals surface area contributed by atoms with E-state index < -0.39 is 17.6 Å². The maximum absolute atomic E-state index is 13.3. The fourth-order valence-electron chi connectivity index (χ4n) is 4.69. The van der Waals surface area contributed by atoms with Gasteiger partial charge < -0.3 is 20.9 Å². The minimum absolute atomic E-state index is 0.0746. The molecular formula is C25H25N7O3. The number of piperazine rings is 1. The zero-order chi connectivity index (χ0) is 24.5. The van der Waals surface area contributed by atoms with E-state index in [9.17, 15) is 14.4 Å². The lowest BCUT2D eigenvalue weighted by Crippen LogP contribution is -2.57. The molecule has 0 spiro atoms. The number of carbonyl (C=O) groups excluding carboxylic acids is 3. The van der Waals surface area contributed by atoms with Crippen LogP contribution < -0.4 is 11.1 Å². The number of hydrogen-bond donors (Lipinski definition) is 2. The van der Waals surface area contributed by atoms with Crippen LogP contribution in [0, 0.1) is 0 Å². The lowest BCUT2D eigenvalue weighted by atomic mass is 9.95. The standard InChI is InChI=1S/C25H25N7O3/c1-15-14-31(24(34)16-5-3-2-4-6-16)9-10-32(15)25(35)23(33)18-11-29-21-17(18)7-8-28-22(21)19-12-27-13-20(26)30-19/h2-8,12-13,15,18,29H,9-11,14H2,1H3,(H2,26,30). The van der Waals surface area contributed by atoms with Crippen LogP contribution in [-0.4, -0.2) is 74.6 Å². The summed E-state index contributed by atoms with van der Waals surface area (Å²) < 4.78 is 0. The summed E-state index contributed by atoms with van der Waals surface area (Å²) in [4.78, 5) is 55.4. The number of benzene rings is 1. The van der Waals surface area contributed by atoms with Crippen LogP contribution in [0.4, 0.5) is 11.5 Å². The van der Waals surface area contributed by atoms with Gasteiger partial charge in [0.25, 0.3) is 11.8 Å². The lowest BCUT2D eigenvalue weighted by molar-refractivity contribution is -0.148. The van der Waals surface area contributed by atoms with Gasteiger partial charge in [0.1, 0.15) is 17.2 Å². The number of anilines is 2. The summed E-state index contributed by atoms with van der Waals surface area (Å²) in [5, 5.41) is 3.21. The van der Waals surface area contributed by atoms with Gasteiger partial charge in [0.05, 0.1) is 24.0 Å². The van der Waals surface area contributed by atoms with Crippen LogP contribution in [0.25, 0.3) is 11.4 Å². The number of nitrogens with zero attached hydrogens (tertiary/aromatic N) is 5. The molecule has 4 heterocycles. The molecule has 5 rings (SSSR count). The summed E-state index contributed by atoms with van der Waals surface area (Å²) in [6.07, 6.45) is 4.59. The quantitative estimate of drug-likeness (QED) is 0.548. The van der Waals surface area contributed by atoms with Crippen LogP contribution >= 0.6 is 0 Å². The van der Waals surface area contributed by atoms with E-state index in [1.54, 1.807) is 40.4 Å². The minimum atomic E-state index is -0.635. The molecular weight excluding hydrogens is 446 g/mol. The molecule has 2 amide bonds. The second kappa shape index (κ2) is 9.13. The van der Waals surface area contributed by atoms with Gasteiger partial charge in [-0.3, -0.25) is 24.4 Å². The van der Waals surface area contributed by atoms with Crippen LogP contribution in [0.3, 0.4) is 0 Å². The Morgan fingerprint density at radius 3 is 2.63 bits per heavy atom. The molecule has 2 aliphatic rings. The second-order valence-corrected chi connectivity index (χ2v) is 8.72. The normalized spacial score (nSPS) is 19.1. The Kier molecular flexibility index (Phi) is 5.86. The smallest absolute Gasteiger partial charge is 0.291 e. The lowest BCUT2D eigenvalue weighted by Gasteiger charge is -2.39. The summed E-state index contributed by atoms with van der Waals surface area (Å²) in [6.45, 7) is 3.19. The zero-order valence-corrected chi connectivity index (χ0v) is 19.2. The van der Waals surface area contributed by atoms with Gasteiger partial charge in [-0.25, -0.2) is 4.98 Å². The summed E-state index contributed by atoms with van der Waals surface area (Å²) >= 11 is 0. The fourth-order valence-corrected chi connectivity index (χ4v) is 4.69. The maximum atomic E-state index is 13.3. The molecule has 0 saturated carbocycles. The number of rotatable bonds is 4. The van der Waals surface area contributed by atoms with Gasteiger partial charge in [-0.15, -0.1) is 0 Å². The SMILES string of the molecule is CC1CN(C(=O)c2ccccc2)CCN1C(=O)C(=O)C1CNc2c1ccnc2-c1cncc(N)n1. The van der Waals surface area contributed by atoms with E-state index in [1.807, 2.05) is 25.1 Å². The predicted octanol–water partition coefficient (Wildman–Crippen LogP) is 1.57. The first kappa shape index (κ1) is 22.5. The van der Waals surface area contributed by atoms with Crippen LogP contribution in [0.2, 0.25) is 0 Å². The maximum Gasteiger partial charge on any atom is 0.291 e. The Hall–Kier alpha value is -4.34. The molecule has 0 aliphatic carbocycles. The van der Waals surface area contributed by atoms with Gasteiger partial charge in [0, 0.05) is 44.0 Å². The highest BCUT2D eigenvalue weighted by atomic mass is 16.2. The number of Topliss-reactive ketones (excluding diaryl/α,β-unsaturated/α-hetero) is 1. The topological polar surface area (TPSA) is 134 Å². The molecule has 10 heteroatoms. The van der Waals surface area contributed by atoms with Crippen molar-refractivity contribution >= 4 is 29.1 Å². The molecule has 10 nitrogen and oxygen atoms in total. The van der Waals surface area contributed by atoms with Crippen molar-refractivity contribution < 1.29 is 14.4 Å². The largest absolute Gasteiger partial charge is 0.382 e. The molecule has 3 N–H and O–H groups in total. The van der Waals surface area contributed by atoms with Gasteiger partial charge in [-0.1, -0.05) is 18.2 Å². The molecule has 178 valence electrons.